The van der Waals surface area contributed by atoms with Gasteiger partial charge in [-0.3, -0.25) is 9.69 Å². The Morgan fingerprint density at radius 3 is 2.63 bits per heavy atom. The third-order valence-electron chi connectivity index (χ3n) is 5.01. The molecule has 1 aliphatic rings. The average Bonchev–Trinajstić information content (AvgIpc) is 2.63. The van der Waals surface area contributed by atoms with Gasteiger partial charge in [-0.05, 0) is 50.5 Å². The van der Waals surface area contributed by atoms with E-state index in [0.29, 0.717) is 18.4 Å². The van der Waals surface area contributed by atoms with Crippen LogP contribution in [0.4, 0.5) is 0 Å². The minimum absolute atomic E-state index is 0.0344. The van der Waals surface area contributed by atoms with Gasteiger partial charge in [0.15, 0.2) is 0 Å². The van der Waals surface area contributed by atoms with E-state index in [1.165, 1.54) is 12.1 Å². The van der Waals surface area contributed by atoms with Crippen LogP contribution in [0.25, 0.3) is 0 Å². The maximum Gasteiger partial charge on any atom is 0.238 e. The van der Waals surface area contributed by atoms with E-state index in [1.54, 1.807) is 12.1 Å². The van der Waals surface area contributed by atoms with Gasteiger partial charge in [-0.25, -0.2) is 13.6 Å². The monoisotopic (exact) mass is 397 g/mol. The minimum Gasteiger partial charge on any atom is -0.492 e. The molecule has 2 atom stereocenters. The number of rotatable bonds is 9. The van der Waals surface area contributed by atoms with Gasteiger partial charge in [0.1, 0.15) is 12.4 Å². The van der Waals surface area contributed by atoms with Crippen LogP contribution < -0.4 is 15.2 Å². The molecular weight excluding hydrogens is 366 g/mol. The number of carbonyl (C=O) groups excluding carboxylic acids is 1. The number of ether oxygens (including phenoxy) is 1. The predicted molar refractivity (Wildman–Crippen MR) is 105 cm³/mol. The summed E-state index contributed by atoms with van der Waals surface area (Å²) in [4.78, 5) is 14.7. The lowest BCUT2D eigenvalue weighted by molar-refractivity contribution is -0.127. The van der Waals surface area contributed by atoms with Gasteiger partial charge in [0.2, 0.25) is 15.9 Å². The highest BCUT2D eigenvalue weighted by Crippen LogP contribution is 2.22. The zero-order chi connectivity index (χ0) is 19.9. The lowest BCUT2D eigenvalue weighted by Gasteiger charge is -2.37. The second-order valence-electron chi connectivity index (χ2n) is 7.13. The summed E-state index contributed by atoms with van der Waals surface area (Å²) in [6, 6.07) is 6.49. The Balaban J connectivity index is 1.80. The van der Waals surface area contributed by atoms with E-state index < -0.39 is 10.0 Å². The lowest BCUT2D eigenvalue weighted by Crippen LogP contribution is -2.48. The van der Waals surface area contributed by atoms with Crippen LogP contribution in [-0.4, -0.2) is 51.5 Å². The summed E-state index contributed by atoms with van der Waals surface area (Å²) in [5, 5.41) is 8.12. The lowest BCUT2D eigenvalue weighted by atomic mass is 9.92. The van der Waals surface area contributed by atoms with Gasteiger partial charge in [-0.2, -0.15) is 0 Å². The molecule has 0 spiro atoms. The molecule has 1 aromatic carbocycles. The summed E-state index contributed by atoms with van der Waals surface area (Å²) in [6.07, 6.45) is 4.00. The second-order valence-corrected chi connectivity index (χ2v) is 8.69. The van der Waals surface area contributed by atoms with E-state index in [9.17, 15) is 13.2 Å². The largest absolute Gasteiger partial charge is 0.492 e. The van der Waals surface area contributed by atoms with Crippen LogP contribution in [0.15, 0.2) is 29.2 Å². The molecule has 0 bridgehead atoms. The van der Waals surface area contributed by atoms with Crippen molar-refractivity contribution < 1.29 is 17.9 Å². The first-order valence-corrected chi connectivity index (χ1v) is 11.1. The number of nitrogens with zero attached hydrogens (tertiary/aromatic N) is 1. The van der Waals surface area contributed by atoms with Gasteiger partial charge in [-0.15, -0.1) is 0 Å². The second kappa shape index (κ2) is 10.1. The Kier molecular flexibility index (Phi) is 8.07. The first-order valence-electron chi connectivity index (χ1n) is 9.58. The number of hydrogen-bond donors (Lipinski definition) is 2. The van der Waals surface area contributed by atoms with Crippen molar-refractivity contribution in [3.8, 4) is 5.75 Å². The van der Waals surface area contributed by atoms with Gasteiger partial charge in [-0.1, -0.05) is 13.3 Å². The smallest absolute Gasteiger partial charge is 0.238 e. The summed E-state index contributed by atoms with van der Waals surface area (Å²) in [5.74, 6) is 0.785. The van der Waals surface area contributed by atoms with Gasteiger partial charge >= 0.3 is 0 Å². The SMILES string of the molecule is CCCCNC(=O)C1CCC(C)N(CCOc2ccc(S(N)(=O)=O)cc2)C1. The molecule has 0 saturated carbocycles. The number of piperidine rings is 1. The average molecular weight is 398 g/mol. The van der Waals surface area contributed by atoms with E-state index in [4.69, 9.17) is 9.88 Å². The third kappa shape index (κ3) is 6.79. The van der Waals surface area contributed by atoms with Crippen molar-refractivity contribution in [1.82, 2.24) is 10.2 Å². The van der Waals surface area contributed by atoms with E-state index >= 15 is 0 Å². The molecule has 27 heavy (non-hydrogen) atoms. The van der Waals surface area contributed by atoms with Gasteiger partial charge in [0.05, 0.1) is 10.8 Å². The number of hydrogen-bond acceptors (Lipinski definition) is 5. The summed E-state index contributed by atoms with van der Waals surface area (Å²) >= 11 is 0. The van der Waals surface area contributed by atoms with Crippen molar-refractivity contribution in [3.05, 3.63) is 24.3 Å². The fourth-order valence-electron chi connectivity index (χ4n) is 3.24. The minimum atomic E-state index is -3.69. The van der Waals surface area contributed by atoms with Crippen molar-refractivity contribution in [2.75, 3.05) is 26.2 Å². The number of benzene rings is 1. The summed E-state index contributed by atoms with van der Waals surface area (Å²) in [5.41, 5.74) is 0. The zero-order valence-corrected chi connectivity index (χ0v) is 17.0. The van der Waals surface area contributed by atoms with Crippen molar-refractivity contribution in [2.24, 2.45) is 11.1 Å². The molecule has 1 fully saturated rings. The van der Waals surface area contributed by atoms with Crippen LogP contribution >= 0.6 is 0 Å². The van der Waals surface area contributed by atoms with Crippen LogP contribution in [-0.2, 0) is 14.8 Å². The van der Waals surface area contributed by atoms with Crippen molar-refractivity contribution >= 4 is 15.9 Å². The number of amides is 1. The molecule has 1 aliphatic heterocycles. The van der Waals surface area contributed by atoms with Gasteiger partial charge in [0.25, 0.3) is 0 Å². The van der Waals surface area contributed by atoms with Crippen LogP contribution in [0.5, 0.6) is 5.75 Å². The third-order valence-corrected chi connectivity index (χ3v) is 5.94. The van der Waals surface area contributed by atoms with E-state index in [1.807, 2.05) is 0 Å². The Labute approximate surface area is 162 Å². The summed E-state index contributed by atoms with van der Waals surface area (Å²) in [6.45, 7) is 6.97. The highest BCUT2D eigenvalue weighted by molar-refractivity contribution is 7.89. The van der Waals surface area contributed by atoms with Crippen molar-refractivity contribution in [3.63, 3.8) is 0 Å². The molecule has 3 N–H and O–H groups in total. The molecule has 1 saturated heterocycles. The Bertz CT molecular complexity index is 706. The maximum absolute atomic E-state index is 12.3. The van der Waals surface area contributed by atoms with Crippen molar-refractivity contribution in [2.45, 2.75) is 50.5 Å². The summed E-state index contributed by atoms with van der Waals surface area (Å²) < 4.78 is 28.3. The van der Waals surface area contributed by atoms with Crippen LogP contribution in [0, 0.1) is 5.92 Å². The predicted octanol–water partition coefficient (Wildman–Crippen LogP) is 1.73. The number of sulfonamides is 1. The standard InChI is InChI=1S/C19H31N3O4S/c1-3-4-11-21-19(23)16-6-5-15(2)22(14-16)12-13-26-17-7-9-18(10-8-17)27(20,24)25/h7-10,15-16H,3-6,11-14H2,1-2H3,(H,21,23)(H2,20,24,25). The van der Waals surface area contributed by atoms with Crippen LogP contribution in [0.2, 0.25) is 0 Å². The Morgan fingerprint density at radius 2 is 2.00 bits per heavy atom. The number of carbonyl (C=O) groups is 1. The number of primary sulfonamides is 1. The molecular formula is C19H31N3O4S. The first-order chi connectivity index (χ1) is 12.8. The Morgan fingerprint density at radius 1 is 1.30 bits per heavy atom. The van der Waals surface area contributed by atoms with E-state index in [-0.39, 0.29) is 16.7 Å². The molecule has 0 aliphatic carbocycles. The number of unbranched alkanes of at least 4 members (excludes halogenated alkanes) is 1. The van der Waals surface area contributed by atoms with Gasteiger partial charge in [0, 0.05) is 25.7 Å². The molecule has 2 unspecified atom stereocenters. The van der Waals surface area contributed by atoms with E-state index in [0.717, 1.165) is 45.3 Å². The molecule has 1 aromatic rings. The maximum atomic E-state index is 12.3. The highest BCUT2D eigenvalue weighted by Gasteiger charge is 2.29. The van der Waals surface area contributed by atoms with Crippen LogP contribution in [0.1, 0.15) is 39.5 Å². The fourth-order valence-corrected chi connectivity index (χ4v) is 3.76. The number of nitrogens with two attached hydrogens (primary N) is 1. The zero-order valence-electron chi connectivity index (χ0n) is 16.2. The van der Waals surface area contributed by atoms with Crippen molar-refractivity contribution in [1.29, 1.82) is 0 Å². The summed E-state index contributed by atoms with van der Waals surface area (Å²) in [7, 11) is -3.69. The molecule has 1 amide bonds. The van der Waals surface area contributed by atoms with Gasteiger partial charge < -0.3 is 10.1 Å². The quantitative estimate of drug-likeness (QED) is 0.618. The van der Waals surface area contributed by atoms with E-state index in [2.05, 4.69) is 24.1 Å². The molecule has 2 rings (SSSR count). The number of nitrogens with one attached hydrogen (secondary N) is 1. The molecule has 152 valence electrons. The molecule has 7 nitrogen and oxygen atoms in total. The normalized spacial score (nSPS) is 21.0. The molecule has 0 radical (unpaired) electrons. The highest BCUT2D eigenvalue weighted by atomic mass is 32.2. The van der Waals surface area contributed by atoms with Crippen LogP contribution in [0.3, 0.4) is 0 Å². The molecule has 8 heteroatoms. The molecule has 1 heterocycles. The Hall–Kier alpha value is -1.64. The molecule has 0 aromatic heterocycles. The fraction of sp³-hybridized carbons (Fsp3) is 0.632. The number of likely N-dealkylation sites (tertiary alicyclic amines) is 1. The topological polar surface area (TPSA) is 102 Å². The first kappa shape index (κ1) is 21.7.